The molecule has 1 aromatic heterocycles. The van der Waals surface area contributed by atoms with Crippen LogP contribution in [-0.4, -0.2) is 66.2 Å². The number of para-hydroxylation sites is 1. The van der Waals surface area contributed by atoms with Crippen molar-refractivity contribution in [2.45, 2.75) is 13.1 Å². The Morgan fingerprint density at radius 2 is 1.86 bits per heavy atom. The number of rotatable bonds is 8. The van der Waals surface area contributed by atoms with E-state index in [0.717, 1.165) is 16.8 Å². The highest BCUT2D eigenvalue weighted by Gasteiger charge is 2.31. The maximum Gasteiger partial charge on any atom is 0.416 e. The summed E-state index contributed by atoms with van der Waals surface area (Å²) in [6.07, 6.45) is -3.28. The molecule has 3 aromatic carbocycles. The van der Waals surface area contributed by atoms with E-state index in [0.29, 0.717) is 37.4 Å². The number of hydrogen-bond donors (Lipinski definition) is 0. The number of fused-ring (bicyclic) bond motifs is 1. The molecule has 43 heavy (non-hydrogen) atoms. The molecule has 1 fully saturated rings. The Bertz CT molecular complexity index is 1740. The van der Waals surface area contributed by atoms with E-state index in [-0.39, 0.29) is 52.4 Å². The molecule has 9 nitrogen and oxygen atoms in total. The standard InChI is InChI=1S/C30H26ClF3N4O5/c1-2-42-25-15-19(14-23(31)27(25)43-18-26(39)37-10-12-41-13-11-37)17-35-38-28(20-6-5-7-21(16-20)30(32,33)34)36-24-9-4-3-8-22(24)29(38)40/h3-9,14-17H,2,10-13,18H2,1H3. The number of aromatic nitrogens is 2. The summed E-state index contributed by atoms with van der Waals surface area (Å²) in [7, 11) is 0. The lowest BCUT2D eigenvalue weighted by Crippen LogP contribution is -2.43. The van der Waals surface area contributed by atoms with Gasteiger partial charge in [-0.15, -0.1) is 0 Å². The minimum Gasteiger partial charge on any atom is -0.490 e. The van der Waals surface area contributed by atoms with Gasteiger partial charge in [0.1, 0.15) is 0 Å². The molecule has 0 spiro atoms. The molecule has 224 valence electrons. The first kappa shape index (κ1) is 30.1. The third-order valence-corrected chi connectivity index (χ3v) is 6.84. The Kier molecular flexibility index (Phi) is 8.97. The minimum absolute atomic E-state index is 0.0524. The van der Waals surface area contributed by atoms with Gasteiger partial charge in [0.2, 0.25) is 0 Å². The number of amides is 1. The molecule has 1 saturated heterocycles. The fourth-order valence-electron chi connectivity index (χ4n) is 4.48. The van der Waals surface area contributed by atoms with Crippen molar-refractivity contribution in [3.05, 3.63) is 87.2 Å². The van der Waals surface area contributed by atoms with Crippen LogP contribution in [0.25, 0.3) is 22.3 Å². The van der Waals surface area contributed by atoms with Crippen molar-refractivity contribution in [3.8, 4) is 22.9 Å². The van der Waals surface area contributed by atoms with Crippen molar-refractivity contribution >= 4 is 34.6 Å². The lowest BCUT2D eigenvalue weighted by Gasteiger charge is -2.27. The lowest BCUT2D eigenvalue weighted by atomic mass is 10.1. The third kappa shape index (κ3) is 6.81. The van der Waals surface area contributed by atoms with Gasteiger partial charge in [0.15, 0.2) is 23.9 Å². The highest BCUT2D eigenvalue weighted by molar-refractivity contribution is 6.32. The maximum absolute atomic E-state index is 13.5. The zero-order chi connectivity index (χ0) is 30.6. The first-order chi connectivity index (χ1) is 20.7. The van der Waals surface area contributed by atoms with Gasteiger partial charge in [0.05, 0.1) is 47.5 Å². The van der Waals surface area contributed by atoms with Crippen LogP contribution in [0.5, 0.6) is 11.5 Å². The number of carbonyl (C=O) groups excluding carboxylic acids is 1. The van der Waals surface area contributed by atoms with Crippen molar-refractivity contribution in [1.29, 1.82) is 0 Å². The molecule has 2 heterocycles. The number of halogens is 4. The molecule has 0 aliphatic carbocycles. The molecule has 0 radical (unpaired) electrons. The van der Waals surface area contributed by atoms with Crippen LogP contribution in [0.1, 0.15) is 18.1 Å². The van der Waals surface area contributed by atoms with E-state index < -0.39 is 17.3 Å². The molecule has 1 aliphatic heterocycles. The summed E-state index contributed by atoms with van der Waals surface area (Å²) in [5.74, 6) is 0.103. The lowest BCUT2D eigenvalue weighted by molar-refractivity contribution is -0.138. The van der Waals surface area contributed by atoms with Crippen LogP contribution < -0.4 is 15.0 Å². The van der Waals surface area contributed by atoms with Crippen LogP contribution in [0, 0.1) is 0 Å². The molecule has 1 amide bonds. The van der Waals surface area contributed by atoms with E-state index in [2.05, 4.69) is 10.1 Å². The Morgan fingerprint density at radius 3 is 2.60 bits per heavy atom. The Balaban J connectivity index is 1.51. The monoisotopic (exact) mass is 614 g/mol. The molecule has 1 aliphatic rings. The van der Waals surface area contributed by atoms with Crippen molar-refractivity contribution in [1.82, 2.24) is 14.6 Å². The molecule has 4 aromatic rings. The summed E-state index contributed by atoms with van der Waals surface area (Å²) < 4.78 is 58.1. The van der Waals surface area contributed by atoms with Gasteiger partial charge >= 0.3 is 6.18 Å². The van der Waals surface area contributed by atoms with Gasteiger partial charge in [-0.05, 0) is 48.9 Å². The van der Waals surface area contributed by atoms with Crippen LogP contribution in [-0.2, 0) is 15.7 Å². The van der Waals surface area contributed by atoms with E-state index in [9.17, 15) is 22.8 Å². The number of morpholine rings is 1. The van der Waals surface area contributed by atoms with Crippen LogP contribution in [0.15, 0.2) is 70.6 Å². The first-order valence-corrected chi connectivity index (χ1v) is 13.7. The minimum atomic E-state index is -4.59. The zero-order valence-corrected chi connectivity index (χ0v) is 23.7. The molecule has 5 rings (SSSR count). The van der Waals surface area contributed by atoms with Crippen molar-refractivity contribution < 1.29 is 32.2 Å². The smallest absolute Gasteiger partial charge is 0.416 e. The number of alkyl halides is 3. The Hall–Kier alpha value is -4.42. The highest BCUT2D eigenvalue weighted by atomic mass is 35.5. The molecule has 0 bridgehead atoms. The van der Waals surface area contributed by atoms with E-state index in [1.165, 1.54) is 24.4 Å². The summed E-state index contributed by atoms with van der Waals surface area (Å²) in [5, 5.41) is 4.67. The predicted molar refractivity (Wildman–Crippen MR) is 155 cm³/mol. The second-order valence-corrected chi connectivity index (χ2v) is 9.84. The van der Waals surface area contributed by atoms with Crippen LogP contribution >= 0.6 is 11.6 Å². The van der Waals surface area contributed by atoms with E-state index in [4.69, 9.17) is 25.8 Å². The SMILES string of the molecule is CCOc1cc(C=Nn2c(-c3cccc(C(F)(F)F)c3)nc3ccccc3c2=O)cc(Cl)c1OCC(=O)N1CCOCC1. The number of ether oxygens (including phenoxy) is 3. The average molecular weight is 615 g/mol. The summed E-state index contributed by atoms with van der Waals surface area (Å²) in [6, 6.07) is 14.1. The first-order valence-electron chi connectivity index (χ1n) is 13.3. The van der Waals surface area contributed by atoms with Crippen molar-refractivity contribution in [2.75, 3.05) is 39.5 Å². The van der Waals surface area contributed by atoms with E-state index >= 15 is 0 Å². The van der Waals surface area contributed by atoms with Crippen LogP contribution in [0.4, 0.5) is 13.2 Å². The van der Waals surface area contributed by atoms with Gasteiger partial charge in [-0.3, -0.25) is 9.59 Å². The summed E-state index contributed by atoms with van der Waals surface area (Å²) >= 11 is 6.52. The van der Waals surface area contributed by atoms with Gasteiger partial charge < -0.3 is 19.1 Å². The maximum atomic E-state index is 13.5. The van der Waals surface area contributed by atoms with Crippen molar-refractivity contribution in [3.63, 3.8) is 0 Å². The van der Waals surface area contributed by atoms with Gasteiger partial charge in [-0.2, -0.15) is 22.9 Å². The zero-order valence-electron chi connectivity index (χ0n) is 22.9. The quantitative estimate of drug-likeness (QED) is 0.252. The third-order valence-electron chi connectivity index (χ3n) is 6.56. The highest BCUT2D eigenvalue weighted by Crippen LogP contribution is 2.37. The number of carbonyl (C=O) groups is 1. The number of benzene rings is 3. The average Bonchev–Trinajstić information content (AvgIpc) is 3.00. The summed E-state index contributed by atoms with van der Waals surface area (Å²) in [5.41, 5.74) is -0.709. The molecular formula is C30H26ClF3N4O5. The van der Waals surface area contributed by atoms with Crippen LogP contribution in [0.3, 0.4) is 0 Å². The molecule has 0 saturated carbocycles. The molecule has 0 N–H and O–H groups in total. The van der Waals surface area contributed by atoms with Gasteiger partial charge in [-0.25, -0.2) is 4.98 Å². The number of hydrogen-bond acceptors (Lipinski definition) is 7. The van der Waals surface area contributed by atoms with Crippen molar-refractivity contribution in [2.24, 2.45) is 5.10 Å². The topological polar surface area (TPSA) is 95.2 Å². The van der Waals surface area contributed by atoms with E-state index in [1.807, 2.05) is 0 Å². The van der Waals surface area contributed by atoms with Gasteiger partial charge in [-0.1, -0.05) is 35.9 Å². The largest absolute Gasteiger partial charge is 0.490 e. The second-order valence-electron chi connectivity index (χ2n) is 9.44. The molecule has 13 heteroatoms. The molecule has 0 unspecified atom stereocenters. The predicted octanol–water partition coefficient (Wildman–Crippen LogP) is 5.25. The van der Waals surface area contributed by atoms with Gasteiger partial charge in [0.25, 0.3) is 11.5 Å². The second kappa shape index (κ2) is 12.8. The van der Waals surface area contributed by atoms with E-state index in [1.54, 1.807) is 42.2 Å². The fraction of sp³-hybridized carbons (Fsp3) is 0.267. The summed E-state index contributed by atoms with van der Waals surface area (Å²) in [4.78, 5) is 32.1. The molecular weight excluding hydrogens is 589 g/mol. The number of nitrogens with zero attached hydrogens (tertiary/aromatic N) is 4. The Morgan fingerprint density at radius 1 is 1.09 bits per heavy atom. The normalized spacial score (nSPS) is 13.9. The fourth-order valence-corrected chi connectivity index (χ4v) is 4.75. The van der Waals surface area contributed by atoms with Gasteiger partial charge in [0, 0.05) is 18.7 Å². The van der Waals surface area contributed by atoms with Crippen LogP contribution in [0.2, 0.25) is 5.02 Å². The Labute approximate surface area is 249 Å². The summed E-state index contributed by atoms with van der Waals surface area (Å²) in [6.45, 7) is 3.61. The molecule has 0 atom stereocenters.